The molecule has 11 aliphatic rings. The van der Waals surface area contributed by atoms with Gasteiger partial charge in [0.1, 0.15) is 268 Å². The molecule has 11 fully saturated rings. The number of ether oxygens (including phenoxy) is 21. The van der Waals surface area contributed by atoms with Gasteiger partial charge in [0.25, 0.3) is 0 Å². The lowest BCUT2D eigenvalue weighted by Gasteiger charge is -2.51. The van der Waals surface area contributed by atoms with Gasteiger partial charge in [0.15, 0.2) is 69.2 Å². The summed E-state index contributed by atoms with van der Waals surface area (Å²) in [6.07, 6.45) is -116. The standard InChI is InChI=1S/C70H118N2O56/c1-14(81)71-27-38(92)53(22(9-79)111-60(27)107)122-61-28(72-15(2)82)39(93)54(23(10-80)118-61)123-67-52(106)56(125-69-59(45(99)34(88)20(7-77)116-69)128-70-58(44(98)33(87)21(8-78)117-70)127-66-50(104)43(97)32(86)19(6-76)115-66)37(91)26(120-67)12-109-63-51(105)55(124-64-48(102)41(95)30(84)17(4-74)113-64)36(90)25(119-63)13-110-68-57(126-65-49(103)42(96)31(85)18(5-75)114-65)46(100)35(89)24(121-68)11-108-62-47(101)40(94)29(83)16(3-73)112-62/h16-70,73-80,83-107H,3-13H2,1-2H3,(H,71,81)(H,72,82)/t16-,17-,18-,19-,20-,21-,22-,23-,24-,25-,26-,27-,28-,29-,30-,31-,32-,33-,34-,35-,36-,37-,38-,39-,40+,41+,42+,43+,44+,45+,46+,47+,48+,49+,50+,51+,52+,53-,54-,55+,56+,57+,58+,59+,60-,61+,62+,63+,64-,65-,66-,67+,68+,69-,70-/m1/s1. The van der Waals surface area contributed by atoms with Gasteiger partial charge in [0.05, 0.1) is 72.7 Å². The Morgan fingerprint density at radius 1 is 0.203 bits per heavy atom. The molecule has 0 aliphatic carbocycles. The maximum absolute atomic E-state index is 13.1. The predicted octanol–water partition coefficient (Wildman–Crippen LogP) is -24.7. The van der Waals surface area contributed by atoms with E-state index in [1.165, 1.54) is 0 Å². The van der Waals surface area contributed by atoms with Gasteiger partial charge in [-0.3, -0.25) is 9.59 Å². The van der Waals surface area contributed by atoms with Crippen molar-refractivity contribution < 1.29 is 278 Å². The second-order valence-electron chi connectivity index (χ2n) is 32.4. The van der Waals surface area contributed by atoms with Crippen molar-refractivity contribution in [1.82, 2.24) is 10.6 Å². The molecule has 11 saturated heterocycles. The van der Waals surface area contributed by atoms with E-state index in [2.05, 4.69) is 10.6 Å². The van der Waals surface area contributed by atoms with E-state index in [9.17, 15) is 178 Å². The summed E-state index contributed by atoms with van der Waals surface area (Å²) in [6.45, 7) is -10.6. The van der Waals surface area contributed by atoms with Crippen LogP contribution in [-0.2, 0) is 109 Å². The minimum atomic E-state index is -2.68. The second-order valence-corrected chi connectivity index (χ2v) is 32.4. The van der Waals surface area contributed by atoms with E-state index in [4.69, 9.17) is 99.5 Å². The van der Waals surface area contributed by atoms with Crippen LogP contribution in [0.25, 0.3) is 0 Å². The lowest BCUT2D eigenvalue weighted by Crippen LogP contribution is -2.70. The molecule has 0 saturated carbocycles. The van der Waals surface area contributed by atoms with Crippen molar-refractivity contribution in [3.63, 3.8) is 0 Å². The molecular weight excluding hydrogens is 1760 g/mol. The number of amides is 2. The van der Waals surface area contributed by atoms with Gasteiger partial charge < -0.3 is 279 Å². The van der Waals surface area contributed by atoms with Crippen LogP contribution in [0.3, 0.4) is 0 Å². The van der Waals surface area contributed by atoms with Crippen LogP contribution in [0.2, 0.25) is 0 Å². The van der Waals surface area contributed by atoms with Crippen molar-refractivity contribution in [2.45, 2.75) is 351 Å². The summed E-state index contributed by atoms with van der Waals surface area (Å²) in [6, 6.07) is -3.69. The second kappa shape index (κ2) is 45.8. The fourth-order valence-corrected chi connectivity index (χ4v) is 16.4. The summed E-state index contributed by atoms with van der Waals surface area (Å²) < 4.78 is 123. The van der Waals surface area contributed by atoms with E-state index in [0.29, 0.717) is 0 Å². The fourth-order valence-electron chi connectivity index (χ4n) is 16.4. The number of hydrogen-bond donors (Lipinski definition) is 35. The molecule has 58 heteroatoms. The minimum absolute atomic E-state index is 0.821. The summed E-state index contributed by atoms with van der Waals surface area (Å²) in [5, 5.41) is 371. The SMILES string of the molecule is CC(=O)N[C@@H]1[C@@H](O)[C@H](O[C@@H]2O[C@H](CO)[C@@H](O[C@@H]3O[C@H](CO[C@H]4O[C@H](CO[C@H]5O[C@H](CO[C@H]6O[C@H](CO)[C@@H](O)[C@H](O)[C@@H]6O)[C@@H](O)[C@H](O)[C@@H]5O[C@H]5O[C@H](CO)[C@@H](O)[C@H](O)[C@@H]5O)[C@@H](O)[C@H](O[C@H]5O[C@H](CO)[C@@H](O)[C@H](O)[C@@H]5O)[C@@H]4O)[C@@H](O)[C@H](O[C@H]4O[C@H](CO)[C@@H](O)[C@H](O)[C@@H]4O[C@H]4O[C@H](CO)[C@@H](O)[C@H](O)[C@@H]4O[C@H]4O[C@H](CO)[C@@H](O)[C@H](O)[C@@H]4O)[C@@H]3O)[C@H](O)[C@H]2NC(C)=O)[C@@H](CO)O[C@H]1O. The number of aliphatic hydroxyl groups is 33. The Balaban J connectivity index is 0.941. The fraction of sp³-hybridized carbons (Fsp3) is 0.971. The number of carbonyl (C=O) groups excluding carboxylic acids is 2. The van der Waals surface area contributed by atoms with Crippen LogP contribution in [0.4, 0.5) is 0 Å². The quantitative estimate of drug-likeness (QED) is 0.0290. The molecule has 0 aromatic carbocycles. The largest absolute Gasteiger partial charge is 0.394 e. The molecule has 58 nitrogen and oxygen atoms in total. The van der Waals surface area contributed by atoms with Crippen molar-refractivity contribution in [3.05, 3.63) is 0 Å². The smallest absolute Gasteiger partial charge is 0.217 e. The number of aliphatic hydroxyl groups excluding tert-OH is 33. The van der Waals surface area contributed by atoms with Gasteiger partial charge in [-0.15, -0.1) is 0 Å². The van der Waals surface area contributed by atoms with Crippen molar-refractivity contribution in [2.75, 3.05) is 72.7 Å². The molecule has 0 aromatic rings. The molecule has 0 aromatic heterocycles. The lowest BCUT2D eigenvalue weighted by molar-refractivity contribution is -0.408. The highest BCUT2D eigenvalue weighted by Gasteiger charge is 2.62. The monoisotopic (exact) mass is 1880 g/mol. The van der Waals surface area contributed by atoms with E-state index in [-0.39, 0.29) is 0 Å². The van der Waals surface area contributed by atoms with Gasteiger partial charge in [0.2, 0.25) is 11.8 Å². The van der Waals surface area contributed by atoms with Gasteiger partial charge in [-0.2, -0.15) is 0 Å². The van der Waals surface area contributed by atoms with Crippen molar-refractivity contribution in [2.24, 2.45) is 0 Å². The lowest BCUT2D eigenvalue weighted by atomic mass is 9.94. The summed E-state index contributed by atoms with van der Waals surface area (Å²) >= 11 is 0. The molecule has 0 radical (unpaired) electrons. The highest BCUT2D eigenvalue weighted by molar-refractivity contribution is 5.73. The normalized spacial score (nSPS) is 51.7. The zero-order chi connectivity index (χ0) is 94.0. The molecule has 0 bridgehead atoms. The first kappa shape index (κ1) is 105. The Morgan fingerprint density at radius 2 is 0.430 bits per heavy atom. The Bertz CT molecular complexity index is 3380. The molecule has 744 valence electrons. The third-order valence-corrected chi connectivity index (χ3v) is 23.7. The van der Waals surface area contributed by atoms with Crippen molar-refractivity contribution in [1.29, 1.82) is 0 Å². The Morgan fingerprint density at radius 3 is 0.820 bits per heavy atom. The molecule has 128 heavy (non-hydrogen) atoms. The van der Waals surface area contributed by atoms with E-state index in [0.717, 1.165) is 13.8 Å². The van der Waals surface area contributed by atoms with Crippen molar-refractivity contribution >= 4 is 11.8 Å². The van der Waals surface area contributed by atoms with Gasteiger partial charge >= 0.3 is 0 Å². The topological polar surface area (TPSA) is 920 Å². The molecule has 0 spiro atoms. The molecule has 11 rings (SSSR count). The van der Waals surface area contributed by atoms with Gasteiger partial charge in [-0.05, 0) is 0 Å². The maximum Gasteiger partial charge on any atom is 0.217 e. The zero-order valence-corrected chi connectivity index (χ0v) is 67.7. The number of rotatable bonds is 33. The minimum Gasteiger partial charge on any atom is -0.394 e. The van der Waals surface area contributed by atoms with E-state index in [1.54, 1.807) is 0 Å². The van der Waals surface area contributed by atoms with Crippen LogP contribution in [-0.4, -0.2) is 591 Å². The van der Waals surface area contributed by atoms with Crippen LogP contribution in [0.1, 0.15) is 13.8 Å². The summed E-state index contributed by atoms with van der Waals surface area (Å²) in [5.41, 5.74) is 0. The molecule has 55 atom stereocenters. The molecule has 35 N–H and O–H groups in total. The molecular formula is C70H118N2O56. The average Bonchev–Trinajstić information content (AvgIpc) is 0.771. The van der Waals surface area contributed by atoms with Crippen LogP contribution in [0.15, 0.2) is 0 Å². The number of carbonyl (C=O) groups is 2. The predicted molar refractivity (Wildman–Crippen MR) is 386 cm³/mol. The third-order valence-electron chi connectivity index (χ3n) is 23.7. The molecule has 11 aliphatic heterocycles. The van der Waals surface area contributed by atoms with Gasteiger partial charge in [-0.1, -0.05) is 0 Å². The number of hydrogen-bond acceptors (Lipinski definition) is 56. The van der Waals surface area contributed by atoms with Gasteiger partial charge in [0, 0.05) is 13.8 Å². The maximum atomic E-state index is 13.1. The van der Waals surface area contributed by atoms with E-state index < -0.39 is 422 Å². The van der Waals surface area contributed by atoms with E-state index in [1.807, 2.05) is 0 Å². The van der Waals surface area contributed by atoms with Crippen LogP contribution in [0.5, 0.6) is 0 Å². The average molecular weight is 1880 g/mol. The molecule has 0 unspecified atom stereocenters. The summed E-state index contributed by atoms with van der Waals surface area (Å²) in [4.78, 5) is 25.3. The van der Waals surface area contributed by atoms with Gasteiger partial charge in [-0.25, -0.2) is 0 Å². The third kappa shape index (κ3) is 22.6. The van der Waals surface area contributed by atoms with Crippen LogP contribution >= 0.6 is 0 Å². The Labute approximate surface area is 722 Å². The van der Waals surface area contributed by atoms with Crippen molar-refractivity contribution in [3.8, 4) is 0 Å². The number of nitrogens with one attached hydrogen (secondary N) is 2. The van der Waals surface area contributed by atoms with Crippen LogP contribution < -0.4 is 10.6 Å². The summed E-state index contributed by atoms with van der Waals surface area (Å²) in [7, 11) is 0. The highest BCUT2D eigenvalue weighted by Crippen LogP contribution is 2.41. The molecule has 11 heterocycles. The molecule has 2 amide bonds. The Kier molecular flexibility index (Phi) is 37.7. The first-order chi connectivity index (χ1) is 60.6. The first-order valence-corrected chi connectivity index (χ1v) is 40.7. The zero-order valence-electron chi connectivity index (χ0n) is 67.7. The first-order valence-electron chi connectivity index (χ1n) is 40.7. The van der Waals surface area contributed by atoms with E-state index >= 15 is 0 Å². The summed E-state index contributed by atoms with van der Waals surface area (Å²) in [5.74, 6) is -1.81. The van der Waals surface area contributed by atoms with Crippen LogP contribution in [0, 0.1) is 0 Å². The highest BCUT2D eigenvalue weighted by atomic mass is 16.8. The Hall–Kier alpha value is -3.22.